The molecule has 0 amide bonds. The highest BCUT2D eigenvalue weighted by atomic mass is 14.8. The Morgan fingerprint density at radius 1 is 0.204 bits per heavy atom. The Balaban J connectivity index is 1.00. The van der Waals surface area contributed by atoms with Gasteiger partial charge in [-0.3, -0.25) is 19.9 Å². The molecule has 7 heterocycles. The number of hydrogen-bond donors (Lipinski definition) is 0. The van der Waals surface area contributed by atoms with Crippen LogP contribution in [0.15, 0.2) is 189 Å². The summed E-state index contributed by atoms with van der Waals surface area (Å²) in [5.74, 6) is 0. The van der Waals surface area contributed by atoms with Crippen LogP contribution in [0, 0.1) is 0 Å². The molecule has 0 atom stereocenters. The monoisotopic (exact) mass is 693 g/mol. The molecule has 0 fully saturated rings. The third kappa shape index (κ3) is 6.89. The average molecular weight is 694 g/mol. The van der Waals surface area contributed by atoms with E-state index in [4.69, 9.17) is 15.0 Å². The van der Waals surface area contributed by atoms with Crippen LogP contribution in [0.3, 0.4) is 0 Å². The van der Waals surface area contributed by atoms with Gasteiger partial charge >= 0.3 is 0 Å². The van der Waals surface area contributed by atoms with E-state index in [1.165, 1.54) is 0 Å². The van der Waals surface area contributed by atoms with E-state index in [0.29, 0.717) is 0 Å². The molecule has 0 unspecified atom stereocenters. The Bertz CT molecular complexity index is 2370. The SMILES string of the molecule is c1ccc(-c2cc(-c3ccc(-c4cccc(-c5ccc(-c6cc(-c7ccccn7)nc(-c7ccccn7)c6)cc5)n4)cc3)cc(-c3ccccn3)n2)nc1. The van der Waals surface area contributed by atoms with E-state index in [2.05, 4.69) is 98.8 Å². The number of aromatic nitrogens is 7. The van der Waals surface area contributed by atoms with Crippen LogP contribution in [-0.2, 0) is 0 Å². The summed E-state index contributed by atoms with van der Waals surface area (Å²) in [5, 5.41) is 0. The van der Waals surface area contributed by atoms with Gasteiger partial charge in [0.25, 0.3) is 0 Å². The summed E-state index contributed by atoms with van der Waals surface area (Å²) in [6.45, 7) is 0. The highest BCUT2D eigenvalue weighted by molar-refractivity contribution is 5.78. The lowest BCUT2D eigenvalue weighted by Gasteiger charge is -2.11. The normalized spacial score (nSPS) is 11.0. The number of nitrogens with zero attached hydrogens (tertiary/aromatic N) is 7. The van der Waals surface area contributed by atoms with Gasteiger partial charge in [0.05, 0.1) is 56.9 Å². The first-order valence-electron chi connectivity index (χ1n) is 17.6. The smallest absolute Gasteiger partial charge is 0.0900 e. The van der Waals surface area contributed by atoms with Gasteiger partial charge < -0.3 is 0 Å². The molecule has 0 radical (unpaired) electrons. The lowest BCUT2D eigenvalue weighted by atomic mass is 9.99. The zero-order valence-corrected chi connectivity index (χ0v) is 29.0. The van der Waals surface area contributed by atoms with E-state index >= 15 is 0 Å². The Morgan fingerprint density at radius 3 is 0.778 bits per heavy atom. The summed E-state index contributed by atoms with van der Waals surface area (Å²) < 4.78 is 0. The maximum absolute atomic E-state index is 5.08. The lowest BCUT2D eigenvalue weighted by Crippen LogP contribution is -1.94. The van der Waals surface area contributed by atoms with E-state index in [9.17, 15) is 0 Å². The first-order chi connectivity index (χ1) is 26.7. The molecule has 0 aliphatic rings. The highest BCUT2D eigenvalue weighted by Gasteiger charge is 2.13. The summed E-state index contributed by atoms with van der Waals surface area (Å²) in [6, 6.07) is 54.9. The van der Waals surface area contributed by atoms with Crippen LogP contribution in [0.1, 0.15) is 0 Å². The van der Waals surface area contributed by atoms with Crippen LogP contribution in [-0.4, -0.2) is 34.9 Å². The summed E-state index contributed by atoms with van der Waals surface area (Å²) in [5.41, 5.74) is 14.5. The summed E-state index contributed by atoms with van der Waals surface area (Å²) in [7, 11) is 0. The maximum atomic E-state index is 5.08. The minimum atomic E-state index is 0.796. The average Bonchev–Trinajstić information content (AvgIpc) is 3.27. The summed E-state index contributed by atoms with van der Waals surface area (Å²) in [4.78, 5) is 33.1. The van der Waals surface area contributed by atoms with E-state index in [1.54, 1.807) is 24.8 Å². The quantitative estimate of drug-likeness (QED) is 0.156. The largest absolute Gasteiger partial charge is 0.255 e. The summed E-state index contributed by atoms with van der Waals surface area (Å²) >= 11 is 0. The predicted molar refractivity (Wildman–Crippen MR) is 214 cm³/mol. The van der Waals surface area contributed by atoms with Gasteiger partial charge in [-0.15, -0.1) is 0 Å². The molecule has 7 heteroatoms. The molecule has 9 aromatic rings. The van der Waals surface area contributed by atoms with Gasteiger partial charge in [-0.2, -0.15) is 0 Å². The van der Waals surface area contributed by atoms with Crippen LogP contribution in [0.25, 0.3) is 90.3 Å². The molecule has 0 aliphatic heterocycles. The van der Waals surface area contributed by atoms with Crippen molar-refractivity contribution in [3.63, 3.8) is 0 Å². The molecular weight excluding hydrogens is 663 g/mol. The van der Waals surface area contributed by atoms with Gasteiger partial charge in [-0.25, -0.2) is 15.0 Å². The fraction of sp³-hybridized carbons (Fsp3) is 0. The van der Waals surface area contributed by atoms with Gasteiger partial charge in [0.2, 0.25) is 0 Å². The van der Waals surface area contributed by atoms with E-state index in [1.807, 2.05) is 84.9 Å². The first-order valence-corrected chi connectivity index (χ1v) is 17.6. The van der Waals surface area contributed by atoms with E-state index < -0.39 is 0 Å². The first kappa shape index (κ1) is 32.4. The topological polar surface area (TPSA) is 90.2 Å². The predicted octanol–water partition coefficient (Wildman–Crippen LogP) is 10.8. The van der Waals surface area contributed by atoms with E-state index in [0.717, 1.165) is 90.3 Å². The standard InChI is InChI=1S/C47H31N7/c1-5-24-48-40(10-1)44-28-36(29-45(53-44)41-11-2-6-25-49-41)32-16-20-34(21-17-32)38-14-9-15-39(52-38)35-22-18-33(19-23-35)37-30-46(42-12-3-7-26-50-42)54-47(31-37)43-13-4-8-27-51-43/h1-31H. The third-order valence-electron chi connectivity index (χ3n) is 9.14. The maximum Gasteiger partial charge on any atom is 0.0900 e. The second-order valence-corrected chi connectivity index (χ2v) is 12.7. The molecule has 7 nitrogen and oxygen atoms in total. The van der Waals surface area contributed by atoms with Crippen molar-refractivity contribution in [2.45, 2.75) is 0 Å². The van der Waals surface area contributed by atoms with Crippen molar-refractivity contribution in [2.75, 3.05) is 0 Å². The van der Waals surface area contributed by atoms with Crippen molar-refractivity contribution < 1.29 is 0 Å². The molecular formula is C47H31N7. The van der Waals surface area contributed by atoms with Crippen LogP contribution < -0.4 is 0 Å². The Labute approximate surface area is 312 Å². The van der Waals surface area contributed by atoms with Crippen molar-refractivity contribution in [1.82, 2.24) is 34.9 Å². The van der Waals surface area contributed by atoms with Crippen molar-refractivity contribution in [3.05, 3.63) is 189 Å². The molecule has 0 aliphatic carbocycles. The van der Waals surface area contributed by atoms with Crippen molar-refractivity contribution >= 4 is 0 Å². The van der Waals surface area contributed by atoms with Gasteiger partial charge in [0.15, 0.2) is 0 Å². The third-order valence-corrected chi connectivity index (χ3v) is 9.14. The molecule has 0 saturated heterocycles. The minimum Gasteiger partial charge on any atom is -0.255 e. The molecule has 254 valence electrons. The van der Waals surface area contributed by atoms with Gasteiger partial charge in [0.1, 0.15) is 0 Å². The Hall–Kier alpha value is -7.51. The molecule has 54 heavy (non-hydrogen) atoms. The van der Waals surface area contributed by atoms with Gasteiger partial charge in [-0.05, 0) is 107 Å². The lowest BCUT2D eigenvalue weighted by molar-refractivity contribution is 1.22. The van der Waals surface area contributed by atoms with Gasteiger partial charge in [-0.1, -0.05) is 78.9 Å². The van der Waals surface area contributed by atoms with Crippen molar-refractivity contribution in [3.8, 4) is 90.3 Å². The molecule has 0 spiro atoms. The van der Waals surface area contributed by atoms with Gasteiger partial charge in [0, 0.05) is 35.9 Å². The fourth-order valence-corrected chi connectivity index (χ4v) is 6.40. The number of rotatable bonds is 8. The molecule has 7 aromatic heterocycles. The Kier molecular flexibility index (Phi) is 8.77. The second kappa shape index (κ2) is 14.6. The highest BCUT2D eigenvalue weighted by Crippen LogP contribution is 2.33. The molecule has 0 saturated carbocycles. The molecule has 0 N–H and O–H groups in total. The zero-order chi connectivity index (χ0) is 36.1. The molecule has 9 rings (SSSR count). The van der Waals surface area contributed by atoms with Crippen LogP contribution in [0.2, 0.25) is 0 Å². The Morgan fingerprint density at radius 2 is 0.481 bits per heavy atom. The zero-order valence-electron chi connectivity index (χ0n) is 29.0. The number of benzene rings is 2. The van der Waals surface area contributed by atoms with E-state index in [-0.39, 0.29) is 0 Å². The van der Waals surface area contributed by atoms with Crippen LogP contribution in [0.4, 0.5) is 0 Å². The summed E-state index contributed by atoms with van der Waals surface area (Å²) in [6.07, 6.45) is 7.14. The van der Waals surface area contributed by atoms with Crippen molar-refractivity contribution in [1.29, 1.82) is 0 Å². The minimum absolute atomic E-state index is 0.796. The van der Waals surface area contributed by atoms with Crippen molar-refractivity contribution in [2.24, 2.45) is 0 Å². The number of pyridine rings is 7. The van der Waals surface area contributed by atoms with Crippen LogP contribution >= 0.6 is 0 Å². The fourth-order valence-electron chi connectivity index (χ4n) is 6.40. The molecule has 2 aromatic carbocycles. The second-order valence-electron chi connectivity index (χ2n) is 12.7. The van der Waals surface area contributed by atoms with Crippen LogP contribution in [0.5, 0.6) is 0 Å². The molecule has 0 bridgehead atoms. The number of hydrogen-bond acceptors (Lipinski definition) is 7.